The minimum absolute atomic E-state index is 0.304. The van der Waals surface area contributed by atoms with E-state index in [1.54, 1.807) is 7.11 Å². The summed E-state index contributed by atoms with van der Waals surface area (Å²) in [6, 6.07) is 6.01. The van der Waals surface area contributed by atoms with Gasteiger partial charge in [-0.1, -0.05) is 26.0 Å². The molecule has 1 aromatic rings. The highest BCUT2D eigenvalue weighted by Crippen LogP contribution is 2.31. The summed E-state index contributed by atoms with van der Waals surface area (Å²) in [5, 5.41) is 7.05. The third kappa shape index (κ3) is 3.35. The molecule has 20 heavy (non-hydrogen) atoms. The summed E-state index contributed by atoms with van der Waals surface area (Å²) in [5.41, 5.74) is 8.86. The van der Waals surface area contributed by atoms with Gasteiger partial charge in [0.25, 0.3) is 0 Å². The highest BCUT2D eigenvalue weighted by Gasteiger charge is 2.28. The van der Waals surface area contributed by atoms with Crippen LogP contribution in [0.3, 0.4) is 0 Å². The van der Waals surface area contributed by atoms with E-state index < -0.39 is 5.41 Å². The van der Waals surface area contributed by atoms with Crippen molar-refractivity contribution in [3.8, 4) is 5.75 Å². The summed E-state index contributed by atoms with van der Waals surface area (Å²) in [6.07, 6.45) is 0.931. The molecule has 0 radical (unpaired) electrons. The number of hydrogen-bond acceptors (Lipinski definition) is 4. The van der Waals surface area contributed by atoms with Gasteiger partial charge in [-0.25, -0.2) is 5.53 Å². The van der Waals surface area contributed by atoms with Crippen molar-refractivity contribution < 1.29 is 4.74 Å². The lowest BCUT2D eigenvalue weighted by atomic mass is 9.82. The van der Waals surface area contributed by atoms with Gasteiger partial charge in [0.15, 0.2) is 5.84 Å². The minimum atomic E-state index is -0.505. The predicted molar refractivity (Wildman–Crippen MR) is 81.3 cm³/mol. The molecule has 5 nitrogen and oxygen atoms in total. The third-order valence-electron chi connectivity index (χ3n) is 3.42. The summed E-state index contributed by atoms with van der Waals surface area (Å²) < 4.78 is 5.41. The molecule has 0 atom stereocenters. The van der Waals surface area contributed by atoms with E-state index in [-0.39, 0.29) is 0 Å². The Hall–Kier alpha value is -1.91. The van der Waals surface area contributed by atoms with Crippen LogP contribution in [0.25, 0.3) is 0 Å². The molecule has 0 aliphatic rings. The van der Waals surface area contributed by atoms with Crippen molar-refractivity contribution in [3.63, 3.8) is 0 Å². The topological polar surface area (TPSA) is 83.8 Å². The predicted octanol–water partition coefficient (Wildman–Crippen LogP) is 3.47. The molecule has 3 N–H and O–H groups in total. The number of nitrogens with two attached hydrogens (primary N) is 1. The number of hydrogen-bond donors (Lipinski definition) is 2. The van der Waals surface area contributed by atoms with Gasteiger partial charge in [-0.05, 0) is 43.4 Å². The first-order chi connectivity index (χ1) is 9.36. The molecule has 0 saturated heterocycles. The molecule has 0 aliphatic carbocycles. The van der Waals surface area contributed by atoms with Crippen molar-refractivity contribution in [2.45, 2.75) is 39.5 Å². The Morgan fingerprint density at radius 3 is 2.50 bits per heavy atom. The van der Waals surface area contributed by atoms with Crippen LogP contribution < -0.4 is 10.6 Å². The Kier molecular flexibility index (Phi) is 5.25. The fourth-order valence-electron chi connectivity index (χ4n) is 2.23. The van der Waals surface area contributed by atoms with Gasteiger partial charge in [0.05, 0.1) is 12.5 Å². The van der Waals surface area contributed by atoms with Gasteiger partial charge >= 0.3 is 0 Å². The first-order valence-electron chi connectivity index (χ1n) is 6.70. The van der Waals surface area contributed by atoms with Crippen LogP contribution in [-0.2, 0) is 11.8 Å². The first kappa shape index (κ1) is 16.1. The summed E-state index contributed by atoms with van der Waals surface area (Å²) in [5.74, 6) is 7.05. The van der Waals surface area contributed by atoms with Gasteiger partial charge < -0.3 is 10.6 Å². The number of benzene rings is 1. The second kappa shape index (κ2) is 6.50. The maximum absolute atomic E-state index is 7.20. The van der Waals surface area contributed by atoms with Crippen molar-refractivity contribution in [3.05, 3.63) is 29.3 Å². The van der Waals surface area contributed by atoms with Crippen molar-refractivity contribution >= 4 is 5.84 Å². The fourth-order valence-corrected chi connectivity index (χ4v) is 2.23. The smallest absolute Gasteiger partial charge is 0.179 e. The van der Waals surface area contributed by atoms with E-state index in [9.17, 15) is 0 Å². The average molecular weight is 276 g/mol. The standard InChI is InChI=1S/C15H24N4O/c1-10(2)8-11-9-12(6-7-13(11)20-5)15(3,4)14(18-16)19-17/h6-7,9-10,16H,8,17H2,1-5H3/b18-16?,19-14-. The number of ether oxygens (including phenoxy) is 1. The number of methoxy groups -OCH3 is 1. The van der Waals surface area contributed by atoms with Crippen LogP contribution in [-0.4, -0.2) is 12.9 Å². The zero-order chi connectivity index (χ0) is 15.3. The maximum atomic E-state index is 7.20. The molecule has 110 valence electrons. The molecular formula is C15H24N4O. The summed E-state index contributed by atoms with van der Waals surface area (Å²) in [4.78, 5) is 0. The highest BCUT2D eigenvalue weighted by atomic mass is 16.5. The van der Waals surface area contributed by atoms with Crippen LogP contribution in [0.1, 0.15) is 38.8 Å². The molecule has 0 saturated carbocycles. The van der Waals surface area contributed by atoms with Gasteiger partial charge in [-0.3, -0.25) is 0 Å². The van der Waals surface area contributed by atoms with Crippen molar-refractivity contribution in [1.29, 1.82) is 5.53 Å². The zero-order valence-corrected chi connectivity index (χ0v) is 12.9. The zero-order valence-electron chi connectivity index (χ0n) is 12.9. The normalized spacial score (nSPS) is 12.6. The lowest BCUT2D eigenvalue weighted by molar-refractivity contribution is 0.406. The molecule has 0 unspecified atom stereocenters. The van der Waals surface area contributed by atoms with E-state index in [2.05, 4.69) is 30.1 Å². The van der Waals surface area contributed by atoms with Crippen LogP contribution in [0.2, 0.25) is 0 Å². The fraction of sp³-hybridized carbons (Fsp3) is 0.533. The molecule has 5 heteroatoms. The Morgan fingerprint density at radius 1 is 1.40 bits per heavy atom. The molecule has 1 rings (SSSR count). The third-order valence-corrected chi connectivity index (χ3v) is 3.42. The Bertz CT molecular complexity index is 507. The number of hydrazone groups is 1. The van der Waals surface area contributed by atoms with Gasteiger partial charge in [0.2, 0.25) is 0 Å². The molecule has 0 aromatic heterocycles. The Labute approximate surface area is 120 Å². The van der Waals surface area contributed by atoms with Crippen LogP contribution in [0.4, 0.5) is 0 Å². The average Bonchev–Trinajstić information content (AvgIpc) is 2.39. The van der Waals surface area contributed by atoms with Crippen molar-refractivity contribution in [2.24, 2.45) is 22.0 Å². The number of amidine groups is 1. The Balaban J connectivity index is 3.29. The number of rotatable bonds is 5. The van der Waals surface area contributed by atoms with Gasteiger partial charge in [-0.15, -0.1) is 5.11 Å². The molecule has 1 aromatic carbocycles. The number of nitrogens with one attached hydrogen (secondary N) is 1. The molecule has 0 spiro atoms. The quantitative estimate of drug-likeness (QED) is 0.284. The molecule has 0 aliphatic heterocycles. The summed E-state index contributed by atoms with van der Waals surface area (Å²) in [7, 11) is 1.68. The summed E-state index contributed by atoms with van der Waals surface area (Å²) in [6.45, 7) is 8.25. The molecule has 0 bridgehead atoms. The van der Waals surface area contributed by atoms with Crippen LogP contribution in [0, 0.1) is 11.4 Å². The van der Waals surface area contributed by atoms with E-state index in [1.165, 1.54) is 0 Å². The van der Waals surface area contributed by atoms with Crippen molar-refractivity contribution in [2.75, 3.05) is 7.11 Å². The van der Waals surface area contributed by atoms with E-state index >= 15 is 0 Å². The lowest BCUT2D eigenvalue weighted by Crippen LogP contribution is -2.28. The van der Waals surface area contributed by atoms with Crippen molar-refractivity contribution in [1.82, 2.24) is 0 Å². The van der Waals surface area contributed by atoms with E-state index in [4.69, 9.17) is 16.1 Å². The Morgan fingerprint density at radius 2 is 2.05 bits per heavy atom. The van der Waals surface area contributed by atoms with E-state index in [0.717, 1.165) is 23.3 Å². The highest BCUT2D eigenvalue weighted by molar-refractivity contribution is 5.92. The molecule has 0 amide bonds. The van der Waals surface area contributed by atoms with Gasteiger partial charge in [-0.2, -0.15) is 5.10 Å². The number of nitrogens with zero attached hydrogens (tertiary/aromatic N) is 2. The minimum Gasteiger partial charge on any atom is -0.496 e. The van der Waals surface area contributed by atoms with E-state index in [0.29, 0.717) is 11.8 Å². The SMILES string of the molecule is COc1ccc(C(C)(C)/C(N=N)=N/N)cc1CC(C)C. The lowest BCUT2D eigenvalue weighted by Gasteiger charge is -2.24. The first-order valence-corrected chi connectivity index (χ1v) is 6.70. The monoisotopic (exact) mass is 276 g/mol. The van der Waals surface area contributed by atoms with Crippen LogP contribution >= 0.6 is 0 Å². The van der Waals surface area contributed by atoms with Crippen LogP contribution in [0.15, 0.2) is 28.4 Å². The van der Waals surface area contributed by atoms with Gasteiger partial charge in [0, 0.05) is 0 Å². The molecule has 0 fully saturated rings. The second-order valence-electron chi connectivity index (χ2n) is 5.81. The van der Waals surface area contributed by atoms with Crippen LogP contribution in [0.5, 0.6) is 5.75 Å². The van der Waals surface area contributed by atoms with Gasteiger partial charge in [0.1, 0.15) is 5.75 Å². The largest absolute Gasteiger partial charge is 0.496 e. The van der Waals surface area contributed by atoms with E-state index in [1.807, 2.05) is 26.0 Å². The molecular weight excluding hydrogens is 252 g/mol. The molecule has 0 heterocycles. The maximum Gasteiger partial charge on any atom is 0.179 e. The second-order valence-corrected chi connectivity index (χ2v) is 5.81. The summed E-state index contributed by atoms with van der Waals surface area (Å²) >= 11 is 0.